The van der Waals surface area contributed by atoms with E-state index in [-0.39, 0.29) is 12.1 Å². The first-order valence-electron chi connectivity index (χ1n) is 8.55. The Hall–Kier alpha value is -2.90. The number of alkyl halides is 3. The van der Waals surface area contributed by atoms with Gasteiger partial charge in [0.15, 0.2) is 11.5 Å². The molecule has 0 atom stereocenters. The molecule has 0 saturated carbocycles. The monoisotopic (exact) mass is 396 g/mol. The maximum atomic E-state index is 13.4. The predicted molar refractivity (Wildman–Crippen MR) is 102 cm³/mol. The van der Waals surface area contributed by atoms with Crippen molar-refractivity contribution in [2.75, 3.05) is 38.5 Å². The largest absolute Gasteiger partial charge is 0.493 e. The third-order valence-electron chi connectivity index (χ3n) is 4.19. The van der Waals surface area contributed by atoms with E-state index in [1.807, 2.05) is 0 Å². The summed E-state index contributed by atoms with van der Waals surface area (Å²) in [6.07, 6.45) is -4.19. The first-order valence-corrected chi connectivity index (χ1v) is 8.55. The molecule has 0 aliphatic carbocycles. The van der Waals surface area contributed by atoms with E-state index in [2.05, 4.69) is 5.32 Å². The molecular formula is C20H23F3N2O3. The van der Waals surface area contributed by atoms with Crippen LogP contribution in [0.4, 0.5) is 24.5 Å². The van der Waals surface area contributed by atoms with Crippen LogP contribution >= 0.6 is 0 Å². The number of methoxy groups -OCH3 is 2. The number of hydrogen-bond acceptors (Lipinski definition) is 4. The zero-order chi connectivity index (χ0) is 20.9. The van der Waals surface area contributed by atoms with Crippen molar-refractivity contribution in [3.63, 3.8) is 0 Å². The molecular weight excluding hydrogens is 373 g/mol. The van der Waals surface area contributed by atoms with Crippen LogP contribution in [-0.2, 0) is 17.4 Å². The van der Waals surface area contributed by atoms with Crippen molar-refractivity contribution in [1.82, 2.24) is 0 Å². The Balaban J connectivity index is 2.11. The van der Waals surface area contributed by atoms with Crippen molar-refractivity contribution in [3.8, 4) is 11.5 Å². The number of aryl methyl sites for hydroxylation is 1. The number of ether oxygens (including phenoxy) is 2. The molecule has 2 aromatic rings. The molecule has 0 aliphatic heterocycles. The molecule has 0 aliphatic rings. The topological polar surface area (TPSA) is 50.8 Å². The number of hydrogen-bond donors (Lipinski definition) is 1. The Morgan fingerprint density at radius 2 is 1.71 bits per heavy atom. The fraction of sp³-hybridized carbons (Fsp3) is 0.350. The zero-order valence-electron chi connectivity index (χ0n) is 16.2. The quantitative estimate of drug-likeness (QED) is 0.756. The van der Waals surface area contributed by atoms with Crippen LogP contribution in [0.15, 0.2) is 36.4 Å². The van der Waals surface area contributed by atoms with Crippen LogP contribution in [0.2, 0.25) is 0 Å². The lowest BCUT2D eigenvalue weighted by Gasteiger charge is -2.18. The van der Waals surface area contributed by atoms with Crippen LogP contribution in [0, 0.1) is 0 Å². The number of carbonyl (C=O) groups excluding carboxylic acids is 1. The molecule has 8 heteroatoms. The van der Waals surface area contributed by atoms with Gasteiger partial charge in [-0.15, -0.1) is 0 Å². The number of benzene rings is 2. The summed E-state index contributed by atoms with van der Waals surface area (Å²) in [5.41, 5.74) is 0.0797. The number of carbonyl (C=O) groups is 1. The van der Waals surface area contributed by atoms with Gasteiger partial charge in [0.25, 0.3) is 0 Å². The van der Waals surface area contributed by atoms with Crippen molar-refractivity contribution in [2.45, 2.75) is 19.0 Å². The third kappa shape index (κ3) is 5.31. The minimum atomic E-state index is -4.57. The highest BCUT2D eigenvalue weighted by Gasteiger charge is 2.34. The van der Waals surface area contributed by atoms with E-state index in [9.17, 15) is 18.0 Å². The summed E-state index contributed by atoms with van der Waals surface area (Å²) in [6, 6.07) is 9.05. The predicted octanol–water partition coefficient (Wildman–Crippen LogP) is 4.36. The second kappa shape index (κ2) is 8.86. The van der Waals surface area contributed by atoms with Gasteiger partial charge < -0.3 is 19.7 Å². The summed E-state index contributed by atoms with van der Waals surface area (Å²) in [6.45, 7) is 0. The average Bonchev–Trinajstić information content (AvgIpc) is 2.65. The van der Waals surface area contributed by atoms with Crippen LogP contribution in [0.3, 0.4) is 0 Å². The zero-order valence-corrected chi connectivity index (χ0v) is 16.2. The van der Waals surface area contributed by atoms with Gasteiger partial charge in [-0.1, -0.05) is 6.07 Å². The maximum absolute atomic E-state index is 13.4. The number of amides is 1. The number of halogens is 3. The van der Waals surface area contributed by atoms with Gasteiger partial charge in [0.1, 0.15) is 0 Å². The Morgan fingerprint density at radius 3 is 2.29 bits per heavy atom. The van der Waals surface area contributed by atoms with Gasteiger partial charge in [-0.05, 0) is 42.3 Å². The minimum Gasteiger partial charge on any atom is -0.493 e. The lowest BCUT2D eigenvalue weighted by molar-refractivity contribution is -0.136. The molecule has 1 amide bonds. The number of rotatable bonds is 7. The second-order valence-corrected chi connectivity index (χ2v) is 6.36. The molecule has 0 unspecified atom stereocenters. The van der Waals surface area contributed by atoms with E-state index in [0.717, 1.165) is 11.6 Å². The molecule has 0 heterocycles. The first-order chi connectivity index (χ1) is 13.2. The Labute approximate surface area is 162 Å². The summed E-state index contributed by atoms with van der Waals surface area (Å²) in [5.74, 6) is 0.587. The Kier molecular flexibility index (Phi) is 6.77. The Morgan fingerprint density at radius 1 is 1.04 bits per heavy atom. The van der Waals surface area contributed by atoms with Gasteiger partial charge in [-0.3, -0.25) is 4.79 Å². The molecule has 0 radical (unpaired) electrons. The van der Waals surface area contributed by atoms with Crippen molar-refractivity contribution in [2.24, 2.45) is 0 Å². The van der Waals surface area contributed by atoms with Crippen molar-refractivity contribution >= 4 is 17.3 Å². The molecule has 1 N–H and O–H groups in total. The Bertz CT molecular complexity index is 836. The molecule has 0 saturated heterocycles. The minimum absolute atomic E-state index is 0.0300. The van der Waals surface area contributed by atoms with Gasteiger partial charge in [-0.25, -0.2) is 0 Å². The van der Waals surface area contributed by atoms with Gasteiger partial charge >= 0.3 is 6.18 Å². The highest BCUT2D eigenvalue weighted by Crippen LogP contribution is 2.37. The van der Waals surface area contributed by atoms with Gasteiger partial charge in [-0.2, -0.15) is 13.2 Å². The normalized spacial score (nSPS) is 11.1. The van der Waals surface area contributed by atoms with Crippen LogP contribution in [-0.4, -0.2) is 34.2 Å². The van der Waals surface area contributed by atoms with Gasteiger partial charge in [0.05, 0.1) is 25.5 Å². The summed E-state index contributed by atoms with van der Waals surface area (Å²) < 4.78 is 50.4. The van der Waals surface area contributed by atoms with E-state index in [1.165, 1.54) is 26.4 Å². The van der Waals surface area contributed by atoms with E-state index >= 15 is 0 Å². The van der Waals surface area contributed by atoms with E-state index in [4.69, 9.17) is 9.47 Å². The molecule has 0 spiro atoms. The molecule has 152 valence electrons. The van der Waals surface area contributed by atoms with Gasteiger partial charge in [0.2, 0.25) is 5.91 Å². The summed E-state index contributed by atoms with van der Waals surface area (Å²) >= 11 is 0. The molecule has 0 bridgehead atoms. The molecule has 5 nitrogen and oxygen atoms in total. The van der Waals surface area contributed by atoms with Crippen LogP contribution in [0.5, 0.6) is 11.5 Å². The molecule has 28 heavy (non-hydrogen) atoms. The fourth-order valence-corrected chi connectivity index (χ4v) is 2.66. The molecule has 0 aromatic heterocycles. The maximum Gasteiger partial charge on any atom is 0.418 e. The van der Waals surface area contributed by atoms with Crippen LogP contribution < -0.4 is 19.7 Å². The standard InChI is InChI=1S/C20H23F3N2O3/c1-25(2)14-7-8-16(15(12-14)20(21,22)23)24-19(26)10-6-13-5-9-17(27-3)18(11-13)28-4/h5,7-9,11-12H,6,10H2,1-4H3,(H,24,26). The number of nitrogens with zero attached hydrogens (tertiary/aromatic N) is 1. The van der Waals surface area contributed by atoms with Crippen molar-refractivity contribution in [1.29, 1.82) is 0 Å². The number of anilines is 2. The lowest BCUT2D eigenvalue weighted by Crippen LogP contribution is -2.18. The molecule has 0 fully saturated rings. The van der Waals surface area contributed by atoms with Crippen molar-refractivity contribution in [3.05, 3.63) is 47.5 Å². The lowest BCUT2D eigenvalue weighted by atomic mass is 10.1. The van der Waals surface area contributed by atoms with Crippen LogP contribution in [0.1, 0.15) is 17.5 Å². The van der Waals surface area contributed by atoms with E-state index in [1.54, 1.807) is 37.2 Å². The van der Waals surface area contributed by atoms with Crippen LogP contribution in [0.25, 0.3) is 0 Å². The second-order valence-electron chi connectivity index (χ2n) is 6.36. The number of nitrogens with one attached hydrogen (secondary N) is 1. The summed E-state index contributed by atoms with van der Waals surface area (Å²) in [7, 11) is 6.32. The summed E-state index contributed by atoms with van der Waals surface area (Å²) in [5, 5.41) is 2.37. The smallest absolute Gasteiger partial charge is 0.418 e. The summed E-state index contributed by atoms with van der Waals surface area (Å²) in [4.78, 5) is 13.8. The SMILES string of the molecule is COc1ccc(CCC(=O)Nc2ccc(N(C)C)cc2C(F)(F)F)cc1OC. The highest BCUT2D eigenvalue weighted by atomic mass is 19.4. The fourth-order valence-electron chi connectivity index (χ4n) is 2.66. The van der Waals surface area contributed by atoms with Gasteiger partial charge in [0, 0.05) is 26.2 Å². The first kappa shape index (κ1) is 21.4. The third-order valence-corrected chi connectivity index (χ3v) is 4.19. The van der Waals surface area contributed by atoms with E-state index < -0.39 is 17.6 Å². The van der Waals surface area contributed by atoms with Crippen molar-refractivity contribution < 1.29 is 27.4 Å². The van der Waals surface area contributed by atoms with E-state index in [0.29, 0.717) is 23.6 Å². The average molecular weight is 396 g/mol. The molecule has 2 rings (SSSR count). The highest BCUT2D eigenvalue weighted by molar-refractivity contribution is 5.92. The molecule has 2 aromatic carbocycles.